The Kier molecular flexibility index (Phi) is 5.67. The van der Waals surface area contributed by atoms with Crippen LogP contribution in [0.4, 0.5) is 5.69 Å². The van der Waals surface area contributed by atoms with Crippen LogP contribution in [0.3, 0.4) is 0 Å². The van der Waals surface area contributed by atoms with Crippen LogP contribution in [0.2, 0.25) is 0 Å². The first-order valence-electron chi connectivity index (χ1n) is 9.58. The van der Waals surface area contributed by atoms with E-state index in [4.69, 9.17) is 9.73 Å². The van der Waals surface area contributed by atoms with Gasteiger partial charge in [0.25, 0.3) is 5.91 Å². The highest BCUT2D eigenvalue weighted by Crippen LogP contribution is 2.41. The quantitative estimate of drug-likeness (QED) is 0.602. The lowest BCUT2D eigenvalue weighted by molar-refractivity contribution is 0.0951. The fraction of sp³-hybridized carbons (Fsp3) is 0.167. The van der Waals surface area contributed by atoms with Crippen LogP contribution < -0.4 is 10.1 Å². The molecule has 1 aliphatic heterocycles. The number of benzene rings is 3. The van der Waals surface area contributed by atoms with Crippen molar-refractivity contribution in [3.05, 3.63) is 83.4 Å². The summed E-state index contributed by atoms with van der Waals surface area (Å²) in [6.45, 7) is 2.57. The van der Waals surface area contributed by atoms with Gasteiger partial charge in [-0.2, -0.15) is 0 Å². The van der Waals surface area contributed by atoms with Crippen LogP contribution in [-0.4, -0.2) is 18.7 Å². The number of carbonyl (C=O) groups excluding carboxylic acids is 1. The summed E-state index contributed by atoms with van der Waals surface area (Å²) >= 11 is 1.70. The van der Waals surface area contributed by atoms with E-state index in [-0.39, 0.29) is 5.91 Å². The highest BCUT2D eigenvalue weighted by atomic mass is 32.2. The summed E-state index contributed by atoms with van der Waals surface area (Å²) in [6.07, 6.45) is 0.838. The SMILES string of the molecule is CCC1=Nc2cc(C(=O)NCc3ccc(OC)cc3)ccc2Sc2ccccc21. The number of ether oxygens (including phenoxy) is 1. The fourth-order valence-electron chi connectivity index (χ4n) is 3.25. The highest BCUT2D eigenvalue weighted by Gasteiger charge is 2.17. The molecular weight excluding hydrogens is 380 g/mol. The van der Waals surface area contributed by atoms with Crippen molar-refractivity contribution < 1.29 is 9.53 Å². The Morgan fingerprint density at radius 3 is 2.59 bits per heavy atom. The lowest BCUT2D eigenvalue weighted by atomic mass is 10.1. The van der Waals surface area contributed by atoms with Gasteiger partial charge in [0.2, 0.25) is 0 Å². The maximum Gasteiger partial charge on any atom is 0.251 e. The second-order valence-electron chi connectivity index (χ2n) is 6.72. The first-order valence-corrected chi connectivity index (χ1v) is 10.4. The van der Waals surface area contributed by atoms with Crippen LogP contribution in [-0.2, 0) is 6.54 Å². The first kappa shape index (κ1) is 19.3. The summed E-state index contributed by atoms with van der Waals surface area (Å²) < 4.78 is 5.17. The number of carbonyl (C=O) groups is 1. The molecule has 1 amide bonds. The van der Waals surface area contributed by atoms with E-state index in [2.05, 4.69) is 24.4 Å². The molecule has 0 fully saturated rings. The average Bonchev–Trinajstić information content (AvgIpc) is 2.93. The molecule has 0 atom stereocenters. The van der Waals surface area contributed by atoms with Crippen molar-refractivity contribution in [2.75, 3.05) is 7.11 Å². The van der Waals surface area contributed by atoms with Gasteiger partial charge in [0, 0.05) is 33.2 Å². The summed E-state index contributed by atoms with van der Waals surface area (Å²) in [5.41, 5.74) is 4.69. The lowest BCUT2D eigenvalue weighted by Gasteiger charge is -2.09. The molecule has 0 saturated heterocycles. The number of aliphatic imine (C=N–C) groups is 1. The summed E-state index contributed by atoms with van der Waals surface area (Å²) in [6, 6.07) is 21.7. The third-order valence-corrected chi connectivity index (χ3v) is 5.98. The van der Waals surface area contributed by atoms with Crippen molar-refractivity contribution in [1.29, 1.82) is 0 Å². The highest BCUT2D eigenvalue weighted by molar-refractivity contribution is 7.99. The van der Waals surface area contributed by atoms with Gasteiger partial charge in [-0.3, -0.25) is 9.79 Å². The molecular formula is C24H22N2O2S. The number of nitrogens with one attached hydrogen (secondary N) is 1. The monoisotopic (exact) mass is 402 g/mol. The molecule has 1 heterocycles. The fourth-order valence-corrected chi connectivity index (χ4v) is 4.27. The Hall–Kier alpha value is -3.05. The third kappa shape index (κ3) is 4.20. The normalized spacial score (nSPS) is 12.3. The summed E-state index contributed by atoms with van der Waals surface area (Å²) in [5, 5.41) is 2.98. The molecule has 1 N–H and O–H groups in total. The maximum atomic E-state index is 12.7. The topological polar surface area (TPSA) is 50.7 Å². The largest absolute Gasteiger partial charge is 0.497 e. The zero-order chi connectivity index (χ0) is 20.2. The van der Waals surface area contributed by atoms with E-state index in [1.807, 2.05) is 54.6 Å². The Balaban J connectivity index is 1.55. The number of nitrogens with zero attached hydrogens (tertiary/aromatic N) is 1. The molecule has 0 bridgehead atoms. The van der Waals surface area contributed by atoms with Gasteiger partial charge in [-0.05, 0) is 48.4 Å². The molecule has 3 aromatic carbocycles. The molecule has 4 nitrogen and oxygen atoms in total. The molecule has 146 valence electrons. The van der Waals surface area contributed by atoms with Crippen LogP contribution in [0.15, 0.2) is 81.5 Å². The molecule has 3 aromatic rings. The zero-order valence-corrected chi connectivity index (χ0v) is 17.3. The van der Waals surface area contributed by atoms with Crippen LogP contribution >= 0.6 is 11.8 Å². The Morgan fingerprint density at radius 1 is 1.03 bits per heavy atom. The predicted molar refractivity (Wildman–Crippen MR) is 118 cm³/mol. The zero-order valence-electron chi connectivity index (χ0n) is 16.4. The summed E-state index contributed by atoms with van der Waals surface area (Å²) in [4.78, 5) is 19.8. The Labute approximate surface area is 175 Å². The van der Waals surface area contributed by atoms with E-state index >= 15 is 0 Å². The Morgan fingerprint density at radius 2 is 1.83 bits per heavy atom. The minimum atomic E-state index is -0.108. The van der Waals surface area contributed by atoms with Crippen molar-refractivity contribution in [1.82, 2.24) is 5.32 Å². The smallest absolute Gasteiger partial charge is 0.251 e. The van der Waals surface area contributed by atoms with E-state index in [0.717, 1.165) is 34.0 Å². The number of hydrogen-bond donors (Lipinski definition) is 1. The van der Waals surface area contributed by atoms with Gasteiger partial charge < -0.3 is 10.1 Å². The molecule has 4 rings (SSSR count). The number of hydrogen-bond acceptors (Lipinski definition) is 4. The average molecular weight is 403 g/mol. The van der Waals surface area contributed by atoms with Crippen LogP contribution in [0.1, 0.15) is 34.8 Å². The molecule has 1 aliphatic rings. The first-order chi connectivity index (χ1) is 14.2. The number of fused-ring (bicyclic) bond motifs is 2. The molecule has 0 unspecified atom stereocenters. The lowest BCUT2D eigenvalue weighted by Crippen LogP contribution is -2.22. The van der Waals surface area contributed by atoms with Crippen molar-refractivity contribution in [3.63, 3.8) is 0 Å². The van der Waals surface area contributed by atoms with Gasteiger partial charge in [0.1, 0.15) is 5.75 Å². The van der Waals surface area contributed by atoms with Crippen molar-refractivity contribution >= 4 is 29.1 Å². The molecule has 0 saturated carbocycles. The molecule has 29 heavy (non-hydrogen) atoms. The minimum absolute atomic E-state index is 0.108. The van der Waals surface area contributed by atoms with Gasteiger partial charge >= 0.3 is 0 Å². The third-order valence-electron chi connectivity index (χ3n) is 4.84. The van der Waals surface area contributed by atoms with E-state index in [1.54, 1.807) is 18.9 Å². The number of methoxy groups -OCH3 is 1. The second-order valence-corrected chi connectivity index (χ2v) is 7.81. The van der Waals surface area contributed by atoms with Crippen LogP contribution in [0.25, 0.3) is 0 Å². The van der Waals surface area contributed by atoms with Crippen molar-refractivity contribution in [2.45, 2.75) is 29.7 Å². The van der Waals surface area contributed by atoms with Gasteiger partial charge in [0.05, 0.1) is 12.8 Å². The van der Waals surface area contributed by atoms with Gasteiger partial charge in [0.15, 0.2) is 0 Å². The predicted octanol–water partition coefficient (Wildman–Crippen LogP) is 5.62. The van der Waals surface area contributed by atoms with Crippen LogP contribution in [0.5, 0.6) is 5.75 Å². The standard InChI is InChI=1S/C24H22N2O2S/c1-3-20-19-6-4-5-7-22(19)29-23-13-10-17(14-21(23)26-20)24(27)25-15-16-8-11-18(28-2)12-9-16/h4-14H,3,15H2,1-2H3,(H,25,27). The molecule has 5 heteroatoms. The second kappa shape index (κ2) is 8.53. The van der Waals surface area contributed by atoms with Crippen molar-refractivity contribution in [2.24, 2.45) is 4.99 Å². The van der Waals surface area contributed by atoms with E-state index in [0.29, 0.717) is 12.1 Å². The summed E-state index contributed by atoms with van der Waals surface area (Å²) in [5.74, 6) is 0.692. The van der Waals surface area contributed by atoms with E-state index < -0.39 is 0 Å². The minimum Gasteiger partial charge on any atom is -0.497 e. The molecule has 0 aromatic heterocycles. The number of rotatable bonds is 5. The maximum absolute atomic E-state index is 12.7. The van der Waals surface area contributed by atoms with Gasteiger partial charge in [-0.25, -0.2) is 0 Å². The van der Waals surface area contributed by atoms with Gasteiger partial charge in [-0.15, -0.1) is 0 Å². The van der Waals surface area contributed by atoms with Gasteiger partial charge in [-0.1, -0.05) is 49.0 Å². The molecule has 0 aliphatic carbocycles. The molecule has 0 spiro atoms. The van der Waals surface area contributed by atoms with Crippen LogP contribution in [0, 0.1) is 0 Å². The van der Waals surface area contributed by atoms with E-state index in [1.165, 1.54) is 10.5 Å². The Bertz CT molecular complexity index is 1070. The molecule has 0 radical (unpaired) electrons. The van der Waals surface area contributed by atoms with Crippen molar-refractivity contribution in [3.8, 4) is 5.75 Å². The van der Waals surface area contributed by atoms with E-state index in [9.17, 15) is 4.79 Å². The summed E-state index contributed by atoms with van der Waals surface area (Å²) in [7, 11) is 1.64. The number of amides is 1.